The summed E-state index contributed by atoms with van der Waals surface area (Å²) in [5, 5.41) is 3.43. The van der Waals surface area contributed by atoms with Gasteiger partial charge in [0.2, 0.25) is 0 Å². The quantitative estimate of drug-likeness (QED) is 0.781. The average molecular weight is 278 g/mol. The first kappa shape index (κ1) is 15.5. The van der Waals surface area contributed by atoms with Gasteiger partial charge in [-0.15, -0.1) is 0 Å². The minimum absolute atomic E-state index is 0.0845. The maximum Gasteiger partial charge on any atom is 0.128 e. The average Bonchev–Trinajstić information content (AvgIpc) is 2.41. The molecular weight excluding hydrogens is 251 g/mol. The fourth-order valence-electron chi connectivity index (χ4n) is 2.91. The van der Waals surface area contributed by atoms with Gasteiger partial charge in [0.1, 0.15) is 5.82 Å². The van der Waals surface area contributed by atoms with E-state index in [0.29, 0.717) is 0 Å². The minimum atomic E-state index is -0.0989. The van der Waals surface area contributed by atoms with Crippen LogP contribution in [0, 0.1) is 11.7 Å². The van der Waals surface area contributed by atoms with Crippen molar-refractivity contribution >= 4 is 0 Å². The molecule has 3 heteroatoms. The second-order valence-electron chi connectivity index (χ2n) is 5.78. The molecule has 0 saturated heterocycles. The van der Waals surface area contributed by atoms with Crippen molar-refractivity contribution in [3.63, 3.8) is 0 Å². The van der Waals surface area contributed by atoms with Crippen molar-refractivity contribution in [3.8, 4) is 0 Å². The zero-order chi connectivity index (χ0) is 14.4. The van der Waals surface area contributed by atoms with E-state index in [2.05, 4.69) is 24.1 Å². The molecule has 112 valence electrons. The summed E-state index contributed by atoms with van der Waals surface area (Å²) in [4.78, 5) is 2.46. The smallest absolute Gasteiger partial charge is 0.128 e. The molecular formula is C17H27FN2. The van der Waals surface area contributed by atoms with E-state index < -0.39 is 0 Å². The largest absolute Gasteiger partial charge is 0.309 e. The highest BCUT2D eigenvalue weighted by molar-refractivity contribution is 5.21. The monoisotopic (exact) mass is 278 g/mol. The van der Waals surface area contributed by atoms with E-state index in [1.54, 1.807) is 12.1 Å². The second-order valence-corrected chi connectivity index (χ2v) is 5.78. The van der Waals surface area contributed by atoms with Gasteiger partial charge in [-0.25, -0.2) is 4.39 Å². The van der Waals surface area contributed by atoms with Crippen LogP contribution in [0.3, 0.4) is 0 Å². The number of rotatable bonds is 8. The Kier molecular flexibility index (Phi) is 5.99. The summed E-state index contributed by atoms with van der Waals surface area (Å²) in [6, 6.07) is 7.22. The highest BCUT2D eigenvalue weighted by atomic mass is 19.1. The predicted molar refractivity (Wildman–Crippen MR) is 82.3 cm³/mol. The molecule has 0 heterocycles. The van der Waals surface area contributed by atoms with Crippen LogP contribution >= 0.6 is 0 Å². The van der Waals surface area contributed by atoms with Gasteiger partial charge in [-0.2, -0.15) is 0 Å². The summed E-state index contributed by atoms with van der Waals surface area (Å²) in [6.45, 7) is 8.22. The normalized spacial score (nSPS) is 17.2. The highest BCUT2D eigenvalue weighted by Crippen LogP contribution is 2.28. The van der Waals surface area contributed by atoms with E-state index in [-0.39, 0.29) is 11.9 Å². The minimum Gasteiger partial charge on any atom is -0.309 e. The molecule has 1 atom stereocenters. The Morgan fingerprint density at radius 3 is 2.60 bits per heavy atom. The SMILES string of the molecule is CCNC(CN(CC)CC1CCC1)c1ccccc1F. The van der Waals surface area contributed by atoms with Crippen molar-refractivity contribution in [3.05, 3.63) is 35.6 Å². The maximum atomic E-state index is 14.0. The number of hydrogen-bond donors (Lipinski definition) is 1. The molecule has 2 rings (SSSR count). The Morgan fingerprint density at radius 1 is 1.30 bits per heavy atom. The lowest BCUT2D eigenvalue weighted by Crippen LogP contribution is -2.39. The molecule has 1 aliphatic rings. The third kappa shape index (κ3) is 4.03. The van der Waals surface area contributed by atoms with Crippen LogP contribution in [0.25, 0.3) is 0 Å². The molecule has 0 aromatic heterocycles. The number of nitrogens with one attached hydrogen (secondary N) is 1. The van der Waals surface area contributed by atoms with Crippen LogP contribution in [0.5, 0.6) is 0 Å². The van der Waals surface area contributed by atoms with E-state index >= 15 is 0 Å². The van der Waals surface area contributed by atoms with E-state index in [0.717, 1.165) is 37.7 Å². The van der Waals surface area contributed by atoms with Crippen LogP contribution < -0.4 is 5.32 Å². The van der Waals surface area contributed by atoms with Gasteiger partial charge in [0.05, 0.1) is 0 Å². The highest BCUT2D eigenvalue weighted by Gasteiger charge is 2.23. The van der Waals surface area contributed by atoms with Gasteiger partial charge in [-0.3, -0.25) is 0 Å². The zero-order valence-corrected chi connectivity index (χ0v) is 12.7. The van der Waals surface area contributed by atoms with Crippen molar-refractivity contribution in [2.45, 2.75) is 39.2 Å². The number of hydrogen-bond acceptors (Lipinski definition) is 2. The van der Waals surface area contributed by atoms with Gasteiger partial charge >= 0.3 is 0 Å². The molecule has 1 unspecified atom stereocenters. The van der Waals surface area contributed by atoms with Crippen molar-refractivity contribution in [1.82, 2.24) is 10.2 Å². The summed E-state index contributed by atoms with van der Waals surface area (Å²) in [5.41, 5.74) is 0.793. The third-order valence-electron chi connectivity index (χ3n) is 4.36. The molecule has 0 radical (unpaired) electrons. The first-order valence-electron chi connectivity index (χ1n) is 7.94. The molecule has 1 aromatic carbocycles. The lowest BCUT2D eigenvalue weighted by molar-refractivity contribution is 0.170. The summed E-state index contributed by atoms with van der Waals surface area (Å²) < 4.78 is 14.0. The van der Waals surface area contributed by atoms with Crippen LogP contribution in [0.15, 0.2) is 24.3 Å². The molecule has 0 aliphatic heterocycles. The first-order valence-corrected chi connectivity index (χ1v) is 7.94. The lowest BCUT2D eigenvalue weighted by atomic mass is 9.85. The van der Waals surface area contributed by atoms with Crippen molar-refractivity contribution in [2.75, 3.05) is 26.2 Å². The van der Waals surface area contributed by atoms with Crippen LogP contribution in [0.1, 0.15) is 44.7 Å². The Morgan fingerprint density at radius 2 is 2.05 bits per heavy atom. The van der Waals surface area contributed by atoms with Crippen LogP contribution in [0.4, 0.5) is 4.39 Å². The molecule has 0 amide bonds. The van der Waals surface area contributed by atoms with Crippen molar-refractivity contribution in [2.24, 2.45) is 5.92 Å². The molecule has 2 nitrogen and oxygen atoms in total. The van der Waals surface area contributed by atoms with Gasteiger partial charge in [-0.1, -0.05) is 38.5 Å². The zero-order valence-electron chi connectivity index (χ0n) is 12.7. The fraction of sp³-hybridized carbons (Fsp3) is 0.647. The molecule has 0 bridgehead atoms. The Balaban J connectivity index is 2.01. The molecule has 1 aromatic rings. The van der Waals surface area contributed by atoms with E-state index in [9.17, 15) is 4.39 Å². The lowest BCUT2D eigenvalue weighted by Gasteiger charge is -2.34. The van der Waals surface area contributed by atoms with E-state index in [4.69, 9.17) is 0 Å². The summed E-state index contributed by atoms with van der Waals surface area (Å²) in [7, 11) is 0. The molecule has 0 spiro atoms. The Hall–Kier alpha value is -0.930. The molecule has 1 aliphatic carbocycles. The summed E-state index contributed by atoms with van der Waals surface area (Å²) in [5.74, 6) is 0.760. The summed E-state index contributed by atoms with van der Waals surface area (Å²) >= 11 is 0. The van der Waals surface area contributed by atoms with Crippen LogP contribution in [-0.4, -0.2) is 31.1 Å². The molecule has 20 heavy (non-hydrogen) atoms. The number of benzene rings is 1. The van der Waals surface area contributed by atoms with Crippen LogP contribution in [-0.2, 0) is 0 Å². The predicted octanol–water partition coefficient (Wildman–Crippen LogP) is 3.60. The van der Waals surface area contributed by atoms with Crippen molar-refractivity contribution in [1.29, 1.82) is 0 Å². The fourth-order valence-corrected chi connectivity index (χ4v) is 2.91. The first-order chi connectivity index (χ1) is 9.74. The second kappa shape index (κ2) is 7.75. The van der Waals surface area contributed by atoms with Gasteiger partial charge < -0.3 is 10.2 Å². The number of nitrogens with zero attached hydrogens (tertiary/aromatic N) is 1. The Labute approximate surface area is 122 Å². The molecule has 1 N–H and O–H groups in total. The Bertz CT molecular complexity index is 404. The summed E-state index contributed by atoms with van der Waals surface area (Å²) in [6.07, 6.45) is 4.11. The van der Waals surface area contributed by atoms with Crippen LogP contribution in [0.2, 0.25) is 0 Å². The number of halogens is 1. The van der Waals surface area contributed by atoms with Gasteiger partial charge in [0.25, 0.3) is 0 Å². The maximum absolute atomic E-state index is 14.0. The topological polar surface area (TPSA) is 15.3 Å². The van der Waals surface area contributed by atoms with Gasteiger partial charge in [0, 0.05) is 24.7 Å². The third-order valence-corrected chi connectivity index (χ3v) is 4.36. The van der Waals surface area contributed by atoms with Gasteiger partial charge in [-0.05, 0) is 37.9 Å². The van der Waals surface area contributed by atoms with Gasteiger partial charge in [0.15, 0.2) is 0 Å². The number of likely N-dealkylation sites (N-methyl/N-ethyl adjacent to an activating group) is 2. The standard InChI is InChI=1S/C17H27FN2/c1-3-19-17(15-10-5-6-11-16(15)18)13-20(4-2)12-14-8-7-9-14/h5-6,10-11,14,17,19H,3-4,7-9,12-13H2,1-2H3. The molecule has 1 fully saturated rings. The molecule has 1 saturated carbocycles. The van der Waals surface area contributed by atoms with Crippen molar-refractivity contribution < 1.29 is 4.39 Å². The van der Waals surface area contributed by atoms with E-state index in [1.165, 1.54) is 19.3 Å². The van der Waals surface area contributed by atoms with E-state index in [1.807, 2.05) is 12.1 Å².